The molecule has 160 valence electrons. The number of aryl methyl sites for hydroxylation is 3. The number of hydrogen-bond acceptors (Lipinski definition) is 0. The predicted molar refractivity (Wildman–Crippen MR) is 126 cm³/mol. The Hall–Kier alpha value is -1.63. The molecule has 0 bridgehead atoms. The summed E-state index contributed by atoms with van der Waals surface area (Å²) in [6.07, 6.45) is 22.1. The van der Waals surface area contributed by atoms with E-state index in [9.17, 15) is 0 Å². The van der Waals surface area contributed by atoms with E-state index in [1.54, 1.807) is 0 Å². The highest BCUT2D eigenvalue weighted by Crippen LogP contribution is 2.13. The third-order valence-electron chi connectivity index (χ3n) is 6.17. The van der Waals surface area contributed by atoms with E-state index in [4.69, 9.17) is 0 Å². The van der Waals surface area contributed by atoms with Crippen molar-refractivity contribution in [3.63, 3.8) is 0 Å². The molecule has 0 amide bonds. The van der Waals surface area contributed by atoms with Crippen LogP contribution < -0.4 is 4.57 Å². The lowest BCUT2D eigenvalue weighted by Gasteiger charge is -2.06. The first kappa shape index (κ1) is 23.6. The topological polar surface area (TPSA) is 3.88 Å². The minimum Gasteiger partial charge on any atom is -0.200 e. The van der Waals surface area contributed by atoms with Crippen molar-refractivity contribution in [3.05, 3.63) is 65.0 Å². The fourth-order valence-electron chi connectivity index (χ4n) is 4.22. The Morgan fingerprint density at radius 1 is 0.586 bits per heavy atom. The van der Waals surface area contributed by atoms with Gasteiger partial charge in [0.2, 0.25) is 0 Å². The van der Waals surface area contributed by atoms with Crippen LogP contribution in [0.2, 0.25) is 0 Å². The average Bonchev–Trinajstić information content (AvgIpc) is 2.76. The first-order valence-electron chi connectivity index (χ1n) is 12.4. The highest BCUT2D eigenvalue weighted by Gasteiger charge is 2.08. The maximum Gasteiger partial charge on any atom is 0.173 e. The van der Waals surface area contributed by atoms with Crippen LogP contribution >= 0.6 is 0 Å². The summed E-state index contributed by atoms with van der Waals surface area (Å²) in [7, 11) is 0. The van der Waals surface area contributed by atoms with Crippen molar-refractivity contribution < 1.29 is 4.57 Å². The van der Waals surface area contributed by atoms with Gasteiger partial charge in [-0.25, -0.2) is 4.57 Å². The number of aromatic nitrogens is 1. The molecule has 0 aliphatic carbocycles. The van der Waals surface area contributed by atoms with E-state index in [0.717, 1.165) is 19.4 Å². The van der Waals surface area contributed by atoms with Crippen LogP contribution in [0.1, 0.15) is 107 Å². The highest BCUT2D eigenvalue weighted by atomic mass is 14.9. The van der Waals surface area contributed by atoms with Gasteiger partial charge in [0.1, 0.15) is 0 Å². The van der Waals surface area contributed by atoms with Crippen molar-refractivity contribution in [2.75, 3.05) is 0 Å². The van der Waals surface area contributed by atoms with Crippen LogP contribution in [0.5, 0.6) is 0 Å². The highest BCUT2D eigenvalue weighted by molar-refractivity contribution is 5.23. The molecule has 1 nitrogen and oxygen atoms in total. The first-order chi connectivity index (χ1) is 14.3. The fraction of sp³-hybridized carbons (Fsp3) is 0.607. The standard InChI is InChI=1S/C28H44N/c1-4-7-8-9-10-11-12-13-14-15-16-25-17-19-26(20-18-25)23-29-22-21-27(5-2)28(6-3)24-29/h17-22,24H,4-16,23H2,1-3H3/q+1. The van der Waals surface area contributed by atoms with Crippen molar-refractivity contribution in [2.45, 2.75) is 111 Å². The van der Waals surface area contributed by atoms with Gasteiger partial charge in [-0.05, 0) is 36.8 Å². The zero-order valence-corrected chi connectivity index (χ0v) is 19.4. The van der Waals surface area contributed by atoms with Gasteiger partial charge in [0, 0.05) is 17.2 Å². The van der Waals surface area contributed by atoms with Crippen molar-refractivity contribution in [2.24, 2.45) is 0 Å². The zero-order valence-electron chi connectivity index (χ0n) is 19.4. The molecule has 0 saturated heterocycles. The molecule has 1 heterocycles. The molecule has 0 aliphatic heterocycles. The third kappa shape index (κ3) is 9.15. The minimum absolute atomic E-state index is 0.968. The zero-order chi connectivity index (χ0) is 20.7. The normalized spacial score (nSPS) is 11.1. The summed E-state index contributed by atoms with van der Waals surface area (Å²) in [5.41, 5.74) is 5.85. The molecule has 0 spiro atoms. The van der Waals surface area contributed by atoms with Gasteiger partial charge in [0.25, 0.3) is 0 Å². The molecule has 1 heteroatoms. The Morgan fingerprint density at radius 3 is 1.72 bits per heavy atom. The van der Waals surface area contributed by atoms with Gasteiger partial charge in [-0.1, -0.05) is 103 Å². The van der Waals surface area contributed by atoms with Crippen LogP contribution in [-0.2, 0) is 25.8 Å². The fourth-order valence-corrected chi connectivity index (χ4v) is 4.22. The van der Waals surface area contributed by atoms with Gasteiger partial charge < -0.3 is 0 Å². The van der Waals surface area contributed by atoms with Gasteiger partial charge in [-0.2, -0.15) is 0 Å². The Kier molecular flexibility index (Phi) is 11.7. The van der Waals surface area contributed by atoms with Crippen LogP contribution in [0.15, 0.2) is 42.7 Å². The van der Waals surface area contributed by atoms with Crippen LogP contribution in [0, 0.1) is 0 Å². The number of nitrogens with zero attached hydrogens (tertiary/aromatic N) is 1. The van der Waals surface area contributed by atoms with E-state index in [1.807, 2.05) is 0 Å². The Balaban J connectivity index is 1.65. The molecular weight excluding hydrogens is 350 g/mol. The first-order valence-corrected chi connectivity index (χ1v) is 12.4. The summed E-state index contributed by atoms with van der Waals surface area (Å²) >= 11 is 0. The van der Waals surface area contributed by atoms with Gasteiger partial charge in [-0.3, -0.25) is 0 Å². The molecule has 0 atom stereocenters. The van der Waals surface area contributed by atoms with E-state index in [2.05, 4.69) is 68.1 Å². The lowest BCUT2D eigenvalue weighted by molar-refractivity contribution is -0.688. The van der Waals surface area contributed by atoms with E-state index in [-0.39, 0.29) is 0 Å². The second-order valence-electron chi connectivity index (χ2n) is 8.62. The molecule has 2 rings (SSSR count). The summed E-state index contributed by atoms with van der Waals surface area (Å²) in [5, 5.41) is 0. The van der Waals surface area contributed by atoms with E-state index in [0.29, 0.717) is 0 Å². The maximum absolute atomic E-state index is 2.34. The Morgan fingerprint density at radius 2 is 1.14 bits per heavy atom. The molecule has 1 aromatic carbocycles. The van der Waals surface area contributed by atoms with Gasteiger partial charge >= 0.3 is 0 Å². The lowest BCUT2D eigenvalue weighted by Crippen LogP contribution is -2.34. The minimum atomic E-state index is 0.968. The van der Waals surface area contributed by atoms with Crippen LogP contribution in [0.4, 0.5) is 0 Å². The molecule has 0 unspecified atom stereocenters. The summed E-state index contributed by atoms with van der Waals surface area (Å²) in [6, 6.07) is 11.6. The molecule has 0 N–H and O–H groups in total. The molecule has 0 saturated carbocycles. The Labute approximate surface area is 180 Å². The van der Waals surface area contributed by atoms with Crippen molar-refractivity contribution >= 4 is 0 Å². The van der Waals surface area contributed by atoms with Crippen molar-refractivity contribution in [1.82, 2.24) is 0 Å². The maximum atomic E-state index is 2.34. The van der Waals surface area contributed by atoms with E-state index < -0.39 is 0 Å². The molecule has 0 aliphatic rings. The van der Waals surface area contributed by atoms with Crippen LogP contribution in [0.3, 0.4) is 0 Å². The molecule has 2 aromatic rings. The number of unbranched alkanes of at least 4 members (excludes halogenated alkanes) is 9. The lowest BCUT2D eigenvalue weighted by atomic mass is 10.0. The van der Waals surface area contributed by atoms with Gasteiger partial charge in [0.05, 0.1) is 0 Å². The van der Waals surface area contributed by atoms with Crippen molar-refractivity contribution in [3.8, 4) is 0 Å². The smallest absolute Gasteiger partial charge is 0.173 e. The summed E-state index contributed by atoms with van der Waals surface area (Å²) in [4.78, 5) is 0. The van der Waals surface area contributed by atoms with E-state index in [1.165, 1.54) is 92.9 Å². The van der Waals surface area contributed by atoms with Crippen LogP contribution in [0.25, 0.3) is 0 Å². The molecule has 1 aromatic heterocycles. The molecule has 0 radical (unpaired) electrons. The number of pyridine rings is 1. The second kappa shape index (κ2) is 14.4. The molecular formula is C28H44N+. The number of hydrogen-bond donors (Lipinski definition) is 0. The second-order valence-corrected chi connectivity index (χ2v) is 8.62. The monoisotopic (exact) mass is 394 g/mol. The molecule has 0 fully saturated rings. The van der Waals surface area contributed by atoms with E-state index >= 15 is 0 Å². The quantitative estimate of drug-likeness (QED) is 0.216. The molecule has 29 heavy (non-hydrogen) atoms. The summed E-state index contributed by atoms with van der Waals surface area (Å²) in [5.74, 6) is 0. The van der Waals surface area contributed by atoms with Gasteiger partial charge in [-0.15, -0.1) is 0 Å². The van der Waals surface area contributed by atoms with Gasteiger partial charge in [0.15, 0.2) is 18.9 Å². The SMILES string of the molecule is CCCCCCCCCCCCc1ccc(C[n+]2ccc(CC)c(CC)c2)cc1. The number of benzene rings is 1. The summed E-state index contributed by atoms with van der Waals surface area (Å²) < 4.78 is 2.33. The predicted octanol–water partition coefficient (Wildman–Crippen LogP) is 7.61. The Bertz CT molecular complexity index is 671. The summed E-state index contributed by atoms with van der Waals surface area (Å²) in [6.45, 7) is 7.75. The van der Waals surface area contributed by atoms with Crippen LogP contribution in [-0.4, -0.2) is 0 Å². The largest absolute Gasteiger partial charge is 0.200 e. The third-order valence-corrected chi connectivity index (χ3v) is 6.17. The average molecular weight is 395 g/mol. The number of rotatable bonds is 15. The van der Waals surface area contributed by atoms with Crippen molar-refractivity contribution in [1.29, 1.82) is 0 Å².